The van der Waals surface area contributed by atoms with Crippen LogP contribution >= 0.6 is 0 Å². The lowest BCUT2D eigenvalue weighted by molar-refractivity contribution is -0.136. The first-order valence-electron chi connectivity index (χ1n) is 8.18. The van der Waals surface area contributed by atoms with E-state index in [4.69, 9.17) is 9.84 Å². The zero-order chi connectivity index (χ0) is 17.4. The molecule has 1 atom stereocenters. The average Bonchev–Trinajstić information content (AvgIpc) is 2.58. The van der Waals surface area contributed by atoms with Gasteiger partial charge < -0.3 is 14.7 Å². The maximum atomic E-state index is 10.7. The SMILES string of the molecule is CN(C)CCOC(c1ccccc1)c1ccc(CCC(=O)O)cc1. The Kier molecular flexibility index (Phi) is 6.97. The predicted molar refractivity (Wildman–Crippen MR) is 95.2 cm³/mol. The van der Waals surface area contributed by atoms with E-state index in [9.17, 15) is 4.79 Å². The fraction of sp³-hybridized carbons (Fsp3) is 0.350. The molecular weight excluding hydrogens is 302 g/mol. The molecule has 0 aromatic heterocycles. The van der Waals surface area contributed by atoms with Crippen molar-refractivity contribution < 1.29 is 14.6 Å². The van der Waals surface area contributed by atoms with E-state index in [-0.39, 0.29) is 12.5 Å². The van der Waals surface area contributed by atoms with Gasteiger partial charge in [-0.15, -0.1) is 0 Å². The molecule has 0 heterocycles. The van der Waals surface area contributed by atoms with Crippen molar-refractivity contribution in [3.63, 3.8) is 0 Å². The van der Waals surface area contributed by atoms with Gasteiger partial charge in [0.05, 0.1) is 6.61 Å². The number of rotatable bonds is 9. The van der Waals surface area contributed by atoms with Crippen LogP contribution in [0.15, 0.2) is 54.6 Å². The van der Waals surface area contributed by atoms with Crippen LogP contribution in [-0.2, 0) is 16.0 Å². The monoisotopic (exact) mass is 327 g/mol. The third kappa shape index (κ3) is 5.80. The normalized spacial score (nSPS) is 12.3. The minimum absolute atomic E-state index is 0.111. The van der Waals surface area contributed by atoms with Crippen LogP contribution in [0.5, 0.6) is 0 Å². The summed E-state index contributed by atoms with van der Waals surface area (Å²) in [6, 6.07) is 18.2. The lowest BCUT2D eigenvalue weighted by atomic mass is 9.99. The highest BCUT2D eigenvalue weighted by molar-refractivity contribution is 5.67. The van der Waals surface area contributed by atoms with Crippen molar-refractivity contribution in [2.24, 2.45) is 0 Å². The standard InChI is InChI=1S/C20H25NO3/c1-21(2)14-15-24-20(17-6-4-3-5-7-17)18-11-8-16(9-12-18)10-13-19(22)23/h3-9,11-12,20H,10,13-15H2,1-2H3,(H,22,23). The van der Waals surface area contributed by atoms with Crippen molar-refractivity contribution >= 4 is 5.97 Å². The molecule has 0 fully saturated rings. The molecule has 4 heteroatoms. The molecule has 0 amide bonds. The number of hydrogen-bond acceptors (Lipinski definition) is 3. The van der Waals surface area contributed by atoms with Gasteiger partial charge in [0.15, 0.2) is 0 Å². The van der Waals surface area contributed by atoms with E-state index in [1.165, 1.54) is 0 Å². The minimum atomic E-state index is -0.770. The summed E-state index contributed by atoms with van der Waals surface area (Å²) in [5, 5.41) is 8.78. The van der Waals surface area contributed by atoms with E-state index in [2.05, 4.69) is 17.0 Å². The molecular formula is C20H25NO3. The second-order valence-corrected chi connectivity index (χ2v) is 6.10. The zero-order valence-electron chi connectivity index (χ0n) is 14.3. The molecule has 0 aliphatic rings. The van der Waals surface area contributed by atoms with Crippen molar-refractivity contribution in [3.05, 3.63) is 71.3 Å². The lowest BCUT2D eigenvalue weighted by Crippen LogP contribution is -2.20. The van der Waals surface area contributed by atoms with Gasteiger partial charge in [-0.25, -0.2) is 0 Å². The summed E-state index contributed by atoms with van der Waals surface area (Å²) in [6.07, 6.45) is 0.591. The number of carboxylic acid groups (broad SMARTS) is 1. The van der Waals surface area contributed by atoms with Gasteiger partial charge in [0, 0.05) is 13.0 Å². The molecule has 0 spiro atoms. The molecule has 2 aromatic rings. The maximum Gasteiger partial charge on any atom is 0.303 e. The molecule has 2 aromatic carbocycles. The van der Waals surface area contributed by atoms with Gasteiger partial charge >= 0.3 is 5.97 Å². The van der Waals surface area contributed by atoms with Gasteiger partial charge in [-0.05, 0) is 37.2 Å². The van der Waals surface area contributed by atoms with Crippen LogP contribution in [0.1, 0.15) is 29.2 Å². The second-order valence-electron chi connectivity index (χ2n) is 6.10. The number of nitrogens with zero attached hydrogens (tertiary/aromatic N) is 1. The second kappa shape index (κ2) is 9.21. The molecule has 0 saturated carbocycles. The van der Waals surface area contributed by atoms with Crippen molar-refractivity contribution in [3.8, 4) is 0 Å². The molecule has 0 saturated heterocycles. The van der Waals surface area contributed by atoms with Gasteiger partial charge in [-0.1, -0.05) is 54.6 Å². The van der Waals surface area contributed by atoms with Crippen molar-refractivity contribution in [1.82, 2.24) is 4.90 Å². The molecule has 0 bridgehead atoms. The highest BCUT2D eigenvalue weighted by Crippen LogP contribution is 2.26. The Morgan fingerprint density at radius 1 is 1.04 bits per heavy atom. The highest BCUT2D eigenvalue weighted by Gasteiger charge is 2.14. The van der Waals surface area contributed by atoms with Crippen LogP contribution in [0, 0.1) is 0 Å². The Labute approximate surface area is 143 Å². The average molecular weight is 327 g/mol. The first-order chi connectivity index (χ1) is 11.6. The molecule has 4 nitrogen and oxygen atoms in total. The summed E-state index contributed by atoms with van der Waals surface area (Å²) in [5.41, 5.74) is 3.23. The van der Waals surface area contributed by atoms with E-state index in [1.807, 2.05) is 56.6 Å². The summed E-state index contributed by atoms with van der Waals surface area (Å²) < 4.78 is 6.13. The highest BCUT2D eigenvalue weighted by atomic mass is 16.5. The van der Waals surface area contributed by atoms with E-state index in [0.717, 1.165) is 23.2 Å². The number of carboxylic acids is 1. The van der Waals surface area contributed by atoms with Gasteiger partial charge in [-0.2, -0.15) is 0 Å². The molecule has 128 valence electrons. The van der Waals surface area contributed by atoms with Gasteiger partial charge in [0.2, 0.25) is 0 Å². The molecule has 1 unspecified atom stereocenters. The zero-order valence-corrected chi connectivity index (χ0v) is 14.3. The van der Waals surface area contributed by atoms with Crippen molar-refractivity contribution in [2.75, 3.05) is 27.2 Å². The molecule has 0 aliphatic carbocycles. The van der Waals surface area contributed by atoms with Crippen molar-refractivity contribution in [1.29, 1.82) is 0 Å². The Hall–Kier alpha value is -2.17. The number of aliphatic carboxylic acids is 1. The van der Waals surface area contributed by atoms with E-state index in [1.54, 1.807) is 0 Å². The lowest BCUT2D eigenvalue weighted by Gasteiger charge is -2.20. The number of aryl methyl sites for hydroxylation is 1. The molecule has 1 N–H and O–H groups in total. The summed E-state index contributed by atoms with van der Waals surface area (Å²) in [6.45, 7) is 1.51. The van der Waals surface area contributed by atoms with E-state index >= 15 is 0 Å². The number of ether oxygens (including phenoxy) is 1. The molecule has 24 heavy (non-hydrogen) atoms. The molecule has 0 aliphatic heterocycles. The van der Waals surface area contributed by atoms with E-state index in [0.29, 0.717) is 13.0 Å². The minimum Gasteiger partial charge on any atom is -0.481 e. The summed E-state index contributed by atoms with van der Waals surface area (Å²) >= 11 is 0. The van der Waals surface area contributed by atoms with Crippen LogP contribution in [0.3, 0.4) is 0 Å². The summed E-state index contributed by atoms with van der Waals surface area (Å²) in [7, 11) is 4.05. The number of carbonyl (C=O) groups is 1. The topological polar surface area (TPSA) is 49.8 Å². The summed E-state index contributed by atoms with van der Waals surface area (Å²) in [5.74, 6) is -0.770. The fourth-order valence-electron chi connectivity index (χ4n) is 2.48. The molecule has 2 rings (SSSR count). The number of hydrogen-bond donors (Lipinski definition) is 1. The Bertz CT molecular complexity index is 623. The first-order valence-corrected chi connectivity index (χ1v) is 8.18. The quantitative estimate of drug-likeness (QED) is 0.767. The van der Waals surface area contributed by atoms with Crippen LogP contribution in [0.4, 0.5) is 0 Å². The Balaban J connectivity index is 2.12. The van der Waals surface area contributed by atoms with Crippen molar-refractivity contribution in [2.45, 2.75) is 18.9 Å². The molecule has 0 radical (unpaired) electrons. The third-order valence-electron chi connectivity index (χ3n) is 3.84. The summed E-state index contributed by atoms with van der Waals surface area (Å²) in [4.78, 5) is 12.8. The van der Waals surface area contributed by atoms with Gasteiger partial charge in [0.1, 0.15) is 6.10 Å². The fourth-order valence-corrected chi connectivity index (χ4v) is 2.48. The number of benzene rings is 2. The largest absolute Gasteiger partial charge is 0.481 e. The van der Waals surface area contributed by atoms with Crippen LogP contribution in [-0.4, -0.2) is 43.2 Å². The Morgan fingerprint density at radius 2 is 1.67 bits per heavy atom. The Morgan fingerprint density at radius 3 is 2.25 bits per heavy atom. The predicted octanol–water partition coefficient (Wildman–Crippen LogP) is 3.37. The first kappa shape index (κ1) is 18.2. The van der Waals surface area contributed by atoms with Gasteiger partial charge in [0.25, 0.3) is 0 Å². The third-order valence-corrected chi connectivity index (χ3v) is 3.84. The van der Waals surface area contributed by atoms with Crippen LogP contribution in [0.25, 0.3) is 0 Å². The maximum absolute atomic E-state index is 10.7. The smallest absolute Gasteiger partial charge is 0.303 e. The van der Waals surface area contributed by atoms with Gasteiger partial charge in [-0.3, -0.25) is 4.79 Å². The van der Waals surface area contributed by atoms with E-state index < -0.39 is 5.97 Å². The number of likely N-dealkylation sites (N-methyl/N-ethyl adjacent to an activating group) is 1. The van der Waals surface area contributed by atoms with Crippen LogP contribution < -0.4 is 0 Å². The van der Waals surface area contributed by atoms with Crippen LogP contribution in [0.2, 0.25) is 0 Å².